The maximum atomic E-state index is 11.6. The van der Waals surface area contributed by atoms with Gasteiger partial charge < -0.3 is 10.1 Å². The number of thiophene rings is 1. The monoisotopic (exact) mass is 317 g/mol. The highest BCUT2D eigenvalue weighted by Gasteiger charge is 2.40. The summed E-state index contributed by atoms with van der Waals surface area (Å²) < 4.78 is 6.36. The van der Waals surface area contributed by atoms with E-state index < -0.39 is 5.60 Å². The quantitative estimate of drug-likeness (QED) is 0.898. The Labute approximate surface area is 114 Å². The van der Waals surface area contributed by atoms with Gasteiger partial charge in [-0.25, -0.2) is 4.79 Å². The Morgan fingerprint density at radius 3 is 2.82 bits per heavy atom. The normalized spacial score (nSPS) is 23.3. The molecule has 1 aromatic heterocycles. The molecule has 0 bridgehead atoms. The molecule has 5 heteroatoms. The van der Waals surface area contributed by atoms with E-state index in [9.17, 15) is 4.79 Å². The summed E-state index contributed by atoms with van der Waals surface area (Å²) in [5, 5.41) is 5.03. The third-order valence-electron chi connectivity index (χ3n) is 2.51. The Bertz CT molecular complexity index is 424. The van der Waals surface area contributed by atoms with Crippen LogP contribution in [0.4, 0.5) is 4.79 Å². The first kappa shape index (κ1) is 12.9. The summed E-state index contributed by atoms with van der Waals surface area (Å²) in [6, 6.07) is 2.35. The van der Waals surface area contributed by atoms with Crippen LogP contribution in [0, 0.1) is 0 Å². The zero-order valence-corrected chi connectivity index (χ0v) is 12.5. The highest BCUT2D eigenvalue weighted by Crippen LogP contribution is 2.43. The smallest absolute Gasteiger partial charge is 0.407 e. The third kappa shape index (κ3) is 3.71. The van der Waals surface area contributed by atoms with E-state index in [0.29, 0.717) is 5.92 Å². The van der Waals surface area contributed by atoms with Crippen molar-refractivity contribution < 1.29 is 9.53 Å². The van der Waals surface area contributed by atoms with Gasteiger partial charge in [-0.2, -0.15) is 0 Å². The Kier molecular flexibility index (Phi) is 3.50. The third-order valence-corrected chi connectivity index (χ3v) is 4.03. The van der Waals surface area contributed by atoms with E-state index in [0.717, 1.165) is 10.2 Å². The summed E-state index contributed by atoms with van der Waals surface area (Å²) >= 11 is 5.12. The maximum Gasteiger partial charge on any atom is 0.407 e. The van der Waals surface area contributed by atoms with Gasteiger partial charge in [0, 0.05) is 12.0 Å². The van der Waals surface area contributed by atoms with Gasteiger partial charge in [0.2, 0.25) is 0 Å². The Morgan fingerprint density at radius 2 is 2.29 bits per heavy atom. The van der Waals surface area contributed by atoms with Gasteiger partial charge in [0.15, 0.2) is 0 Å². The summed E-state index contributed by atoms with van der Waals surface area (Å²) in [5.74, 6) is 0.449. The van der Waals surface area contributed by atoms with E-state index in [1.165, 1.54) is 5.56 Å². The van der Waals surface area contributed by atoms with Crippen molar-refractivity contribution in [1.29, 1.82) is 0 Å². The first-order chi connectivity index (χ1) is 7.85. The van der Waals surface area contributed by atoms with Gasteiger partial charge in [0.1, 0.15) is 5.60 Å². The first-order valence-electron chi connectivity index (χ1n) is 5.58. The van der Waals surface area contributed by atoms with E-state index in [4.69, 9.17) is 4.74 Å². The molecule has 1 saturated carbocycles. The van der Waals surface area contributed by atoms with Crippen LogP contribution in [0.3, 0.4) is 0 Å². The second-order valence-electron chi connectivity index (χ2n) is 5.28. The lowest BCUT2D eigenvalue weighted by atomic mass is 10.2. The molecule has 2 atom stereocenters. The van der Waals surface area contributed by atoms with Gasteiger partial charge in [-0.15, -0.1) is 11.3 Å². The number of amides is 1. The molecule has 1 aliphatic carbocycles. The van der Waals surface area contributed by atoms with Crippen molar-refractivity contribution in [3.63, 3.8) is 0 Å². The molecule has 1 N–H and O–H groups in total. The number of hydrogen-bond acceptors (Lipinski definition) is 3. The molecule has 0 aromatic carbocycles. The van der Waals surface area contributed by atoms with Crippen LogP contribution in [0.15, 0.2) is 15.2 Å². The number of hydrogen-bond donors (Lipinski definition) is 1. The van der Waals surface area contributed by atoms with Gasteiger partial charge in [-0.1, -0.05) is 0 Å². The van der Waals surface area contributed by atoms with Crippen LogP contribution in [-0.4, -0.2) is 17.7 Å². The molecule has 1 fully saturated rings. The topological polar surface area (TPSA) is 38.3 Å². The Hall–Kier alpha value is -0.550. The van der Waals surface area contributed by atoms with Crippen LogP contribution >= 0.6 is 27.3 Å². The Morgan fingerprint density at radius 1 is 1.59 bits per heavy atom. The number of rotatable bonds is 2. The SMILES string of the molecule is CC(C)(C)OC(=O)NC1CC1c1csc(Br)c1. The summed E-state index contributed by atoms with van der Waals surface area (Å²) in [7, 11) is 0. The van der Waals surface area contributed by atoms with Gasteiger partial charge >= 0.3 is 6.09 Å². The van der Waals surface area contributed by atoms with E-state index in [2.05, 4.69) is 32.7 Å². The van der Waals surface area contributed by atoms with Crippen LogP contribution in [0.25, 0.3) is 0 Å². The van der Waals surface area contributed by atoms with E-state index in [-0.39, 0.29) is 12.1 Å². The van der Waals surface area contributed by atoms with Crippen LogP contribution < -0.4 is 5.32 Å². The molecule has 2 unspecified atom stereocenters. The van der Waals surface area contributed by atoms with Gasteiger partial charge in [0.25, 0.3) is 0 Å². The van der Waals surface area contributed by atoms with Crippen molar-refractivity contribution in [2.75, 3.05) is 0 Å². The number of alkyl carbamates (subject to hydrolysis) is 1. The number of halogens is 1. The second-order valence-corrected chi connectivity index (χ2v) is 7.57. The average molecular weight is 318 g/mol. The molecule has 3 nitrogen and oxygen atoms in total. The van der Waals surface area contributed by atoms with Crippen LogP contribution in [0.5, 0.6) is 0 Å². The summed E-state index contributed by atoms with van der Waals surface area (Å²) in [5.41, 5.74) is 0.864. The van der Waals surface area contributed by atoms with Crippen molar-refractivity contribution in [1.82, 2.24) is 5.32 Å². The molecular formula is C12H16BrNO2S. The molecule has 94 valence electrons. The molecule has 2 rings (SSSR count). The largest absolute Gasteiger partial charge is 0.444 e. The number of carbonyl (C=O) groups is 1. The lowest BCUT2D eigenvalue weighted by Crippen LogP contribution is -2.34. The van der Waals surface area contributed by atoms with Gasteiger partial charge in [-0.3, -0.25) is 0 Å². The van der Waals surface area contributed by atoms with Crippen LogP contribution in [0.1, 0.15) is 38.7 Å². The molecule has 0 radical (unpaired) electrons. The molecule has 0 aliphatic heterocycles. The standard InChI is InChI=1S/C12H16BrNO2S/c1-12(2,3)16-11(15)14-9-5-8(9)7-4-10(13)17-6-7/h4,6,8-9H,5H2,1-3H3,(H,14,15). The maximum absolute atomic E-state index is 11.6. The first-order valence-corrected chi connectivity index (χ1v) is 7.26. The van der Waals surface area contributed by atoms with Crippen LogP contribution in [-0.2, 0) is 4.74 Å². The average Bonchev–Trinajstić information content (AvgIpc) is 2.75. The molecule has 1 heterocycles. The highest BCUT2D eigenvalue weighted by atomic mass is 79.9. The molecule has 1 aromatic rings. The fourth-order valence-corrected chi connectivity index (χ4v) is 2.94. The summed E-state index contributed by atoms with van der Waals surface area (Å²) in [6.07, 6.45) is 0.682. The lowest BCUT2D eigenvalue weighted by molar-refractivity contribution is 0.0523. The number of nitrogens with one attached hydrogen (secondary N) is 1. The van der Waals surface area contributed by atoms with Crippen LogP contribution in [0.2, 0.25) is 0 Å². The summed E-state index contributed by atoms with van der Waals surface area (Å²) in [6.45, 7) is 5.60. The molecule has 1 aliphatic rings. The molecule has 0 spiro atoms. The molecule has 17 heavy (non-hydrogen) atoms. The van der Waals surface area contributed by atoms with Crippen molar-refractivity contribution >= 4 is 33.4 Å². The minimum atomic E-state index is -0.431. The fourth-order valence-electron chi connectivity index (χ4n) is 1.70. The number of ether oxygens (including phenoxy) is 1. The minimum Gasteiger partial charge on any atom is -0.444 e. The van der Waals surface area contributed by atoms with E-state index >= 15 is 0 Å². The lowest BCUT2D eigenvalue weighted by Gasteiger charge is -2.19. The summed E-state index contributed by atoms with van der Waals surface area (Å²) in [4.78, 5) is 11.6. The zero-order valence-electron chi connectivity index (χ0n) is 10.1. The predicted octanol–water partition coefficient (Wildman–Crippen LogP) is 3.89. The highest BCUT2D eigenvalue weighted by molar-refractivity contribution is 9.11. The Balaban J connectivity index is 1.82. The zero-order chi connectivity index (χ0) is 12.6. The predicted molar refractivity (Wildman–Crippen MR) is 72.5 cm³/mol. The number of carbonyl (C=O) groups excluding carboxylic acids is 1. The molecule has 0 saturated heterocycles. The van der Waals surface area contributed by atoms with Crippen molar-refractivity contribution in [2.24, 2.45) is 0 Å². The van der Waals surface area contributed by atoms with Gasteiger partial charge in [-0.05, 0) is 60.1 Å². The van der Waals surface area contributed by atoms with Gasteiger partial charge in [0.05, 0.1) is 3.79 Å². The minimum absolute atomic E-state index is 0.228. The molecular weight excluding hydrogens is 302 g/mol. The van der Waals surface area contributed by atoms with E-state index in [1.54, 1.807) is 11.3 Å². The van der Waals surface area contributed by atoms with Crippen molar-refractivity contribution in [3.05, 3.63) is 20.8 Å². The van der Waals surface area contributed by atoms with Crippen molar-refractivity contribution in [3.8, 4) is 0 Å². The fraction of sp³-hybridized carbons (Fsp3) is 0.583. The molecule has 1 amide bonds. The second kappa shape index (κ2) is 4.61. The van der Waals surface area contributed by atoms with E-state index in [1.807, 2.05) is 20.8 Å². The van der Waals surface area contributed by atoms with Crippen molar-refractivity contribution in [2.45, 2.75) is 44.8 Å².